The number of para-hydroxylation sites is 1. The van der Waals surface area contributed by atoms with Crippen LogP contribution >= 0.6 is 11.8 Å². The lowest BCUT2D eigenvalue weighted by Crippen LogP contribution is -2.39. The zero-order valence-corrected chi connectivity index (χ0v) is 15.8. The summed E-state index contributed by atoms with van der Waals surface area (Å²) in [7, 11) is 1.35. The van der Waals surface area contributed by atoms with Crippen LogP contribution in [0.15, 0.2) is 59.6 Å². The number of thioether (sulfide) groups is 1. The number of aromatic nitrogens is 2. The van der Waals surface area contributed by atoms with Crippen LogP contribution in [0.25, 0.3) is 10.9 Å². The van der Waals surface area contributed by atoms with Gasteiger partial charge >= 0.3 is 12.2 Å². The maximum absolute atomic E-state index is 13.3. The molecule has 10 heteroatoms. The number of urea groups is 1. The van der Waals surface area contributed by atoms with E-state index < -0.39 is 29.2 Å². The number of rotatable bonds is 4. The van der Waals surface area contributed by atoms with Crippen LogP contribution in [-0.2, 0) is 11.0 Å². The maximum atomic E-state index is 13.3. The quantitative estimate of drug-likeness (QED) is 0.494. The van der Waals surface area contributed by atoms with Crippen molar-refractivity contribution in [2.24, 2.45) is 0 Å². The van der Waals surface area contributed by atoms with Crippen LogP contribution in [0.4, 0.5) is 18.0 Å². The standard InChI is InChI=1S/C19H15F3N4O2S/c1-23-18(28)25-15(27)14(11-7-3-2-4-8-11)29-16-12-9-5-6-10-13(12)24-17(26-16)19(20,21)22/h2-10,14H,1H3,(H2,23,25,27,28)/t14-/m1/s1. The van der Waals surface area contributed by atoms with Crippen LogP contribution in [0.5, 0.6) is 0 Å². The Morgan fingerprint density at radius 3 is 2.31 bits per heavy atom. The molecule has 0 radical (unpaired) electrons. The number of nitrogens with zero attached hydrogens (tertiary/aromatic N) is 2. The molecular formula is C19H15F3N4O2S. The summed E-state index contributed by atoms with van der Waals surface area (Å²) in [6.07, 6.45) is -4.74. The molecule has 0 saturated heterocycles. The third-order valence-corrected chi connectivity index (χ3v) is 5.11. The van der Waals surface area contributed by atoms with Crippen molar-refractivity contribution < 1.29 is 22.8 Å². The average Bonchev–Trinajstić information content (AvgIpc) is 2.71. The largest absolute Gasteiger partial charge is 0.451 e. The Kier molecular flexibility index (Phi) is 6.02. The molecule has 0 aliphatic heterocycles. The van der Waals surface area contributed by atoms with Crippen LogP contribution in [0, 0.1) is 0 Å². The molecular weight excluding hydrogens is 405 g/mol. The van der Waals surface area contributed by atoms with Crippen LogP contribution < -0.4 is 10.6 Å². The van der Waals surface area contributed by atoms with E-state index in [2.05, 4.69) is 20.6 Å². The second-order valence-corrected chi connectivity index (χ2v) is 6.94. The van der Waals surface area contributed by atoms with Crippen molar-refractivity contribution in [2.45, 2.75) is 16.5 Å². The second kappa shape index (κ2) is 8.48. The molecule has 1 atom stereocenters. The predicted molar refractivity (Wildman–Crippen MR) is 102 cm³/mol. The zero-order chi connectivity index (χ0) is 21.0. The fraction of sp³-hybridized carbons (Fsp3) is 0.158. The molecule has 3 rings (SSSR count). The number of fused-ring (bicyclic) bond motifs is 1. The van der Waals surface area contributed by atoms with E-state index in [0.29, 0.717) is 10.9 Å². The Hall–Kier alpha value is -3.14. The van der Waals surface area contributed by atoms with Crippen LogP contribution in [0.3, 0.4) is 0 Å². The smallest absolute Gasteiger partial charge is 0.341 e. The Balaban J connectivity index is 2.08. The predicted octanol–water partition coefficient (Wildman–Crippen LogP) is 3.94. The van der Waals surface area contributed by atoms with Gasteiger partial charge in [0.15, 0.2) is 0 Å². The molecule has 6 nitrogen and oxygen atoms in total. The van der Waals surface area contributed by atoms with Gasteiger partial charge in [0.1, 0.15) is 10.3 Å². The van der Waals surface area contributed by atoms with Gasteiger partial charge < -0.3 is 5.32 Å². The number of alkyl halides is 3. The molecule has 0 spiro atoms. The SMILES string of the molecule is CNC(=O)NC(=O)[C@H](Sc1nc(C(F)(F)F)nc2ccccc12)c1ccccc1. The highest BCUT2D eigenvalue weighted by Crippen LogP contribution is 2.39. The van der Waals surface area contributed by atoms with E-state index in [1.165, 1.54) is 13.1 Å². The van der Waals surface area contributed by atoms with E-state index in [1.807, 2.05) is 0 Å². The van der Waals surface area contributed by atoms with Gasteiger partial charge in [-0.25, -0.2) is 14.8 Å². The van der Waals surface area contributed by atoms with Crippen molar-refractivity contribution in [3.63, 3.8) is 0 Å². The van der Waals surface area contributed by atoms with Crippen LogP contribution in [-0.4, -0.2) is 29.0 Å². The normalized spacial score (nSPS) is 12.4. The van der Waals surface area contributed by atoms with Crippen LogP contribution in [0.2, 0.25) is 0 Å². The maximum Gasteiger partial charge on any atom is 0.451 e. The Morgan fingerprint density at radius 1 is 1.00 bits per heavy atom. The number of hydrogen-bond acceptors (Lipinski definition) is 5. The summed E-state index contributed by atoms with van der Waals surface area (Å²) in [4.78, 5) is 31.5. The number of halogens is 3. The van der Waals surface area contributed by atoms with E-state index in [4.69, 9.17) is 0 Å². The minimum absolute atomic E-state index is 0.0103. The molecule has 3 aromatic rings. The Morgan fingerprint density at radius 2 is 1.66 bits per heavy atom. The molecule has 0 unspecified atom stereocenters. The average molecular weight is 420 g/mol. The lowest BCUT2D eigenvalue weighted by molar-refractivity contribution is -0.145. The highest BCUT2D eigenvalue weighted by molar-refractivity contribution is 8.00. The summed E-state index contributed by atoms with van der Waals surface area (Å²) < 4.78 is 39.8. The number of imide groups is 1. The molecule has 1 aromatic heterocycles. The molecule has 0 aliphatic rings. The monoisotopic (exact) mass is 420 g/mol. The van der Waals surface area contributed by atoms with Crippen molar-refractivity contribution in [3.8, 4) is 0 Å². The molecule has 0 aliphatic carbocycles. The summed E-state index contributed by atoms with van der Waals surface area (Å²) >= 11 is 0.819. The van der Waals surface area contributed by atoms with Gasteiger partial charge in [-0.3, -0.25) is 10.1 Å². The molecule has 0 saturated carbocycles. The fourth-order valence-electron chi connectivity index (χ4n) is 2.52. The summed E-state index contributed by atoms with van der Waals surface area (Å²) in [6.45, 7) is 0. The third-order valence-electron chi connectivity index (χ3n) is 3.86. The molecule has 2 N–H and O–H groups in total. The molecule has 2 aromatic carbocycles. The van der Waals surface area contributed by atoms with E-state index in [-0.39, 0.29) is 10.5 Å². The number of carbonyl (C=O) groups is 2. The van der Waals surface area contributed by atoms with Crippen molar-refractivity contribution in [1.29, 1.82) is 0 Å². The molecule has 1 heterocycles. The van der Waals surface area contributed by atoms with Crippen molar-refractivity contribution >= 4 is 34.6 Å². The van der Waals surface area contributed by atoms with Gasteiger partial charge in [0.05, 0.1) is 5.52 Å². The number of carbonyl (C=O) groups excluding carboxylic acids is 2. The highest BCUT2D eigenvalue weighted by atomic mass is 32.2. The van der Waals surface area contributed by atoms with Gasteiger partial charge in [0, 0.05) is 12.4 Å². The minimum Gasteiger partial charge on any atom is -0.341 e. The first-order valence-electron chi connectivity index (χ1n) is 8.37. The summed E-state index contributed by atoms with van der Waals surface area (Å²) in [5.41, 5.74) is 0.617. The number of nitrogens with one attached hydrogen (secondary N) is 2. The van der Waals surface area contributed by atoms with Gasteiger partial charge in [0.25, 0.3) is 0 Å². The summed E-state index contributed by atoms with van der Waals surface area (Å²) in [5.74, 6) is -1.98. The topological polar surface area (TPSA) is 84.0 Å². The first-order valence-corrected chi connectivity index (χ1v) is 9.25. The molecule has 3 amide bonds. The van der Waals surface area contributed by atoms with Crippen molar-refractivity contribution in [1.82, 2.24) is 20.6 Å². The minimum atomic E-state index is -4.74. The highest BCUT2D eigenvalue weighted by Gasteiger charge is 2.36. The van der Waals surface area contributed by atoms with E-state index in [0.717, 1.165) is 11.8 Å². The van der Waals surface area contributed by atoms with Gasteiger partial charge in [-0.05, 0) is 11.6 Å². The van der Waals surface area contributed by atoms with Crippen molar-refractivity contribution in [3.05, 3.63) is 66.0 Å². The first kappa shape index (κ1) is 20.6. The van der Waals surface area contributed by atoms with E-state index >= 15 is 0 Å². The van der Waals surface area contributed by atoms with Gasteiger partial charge in [-0.2, -0.15) is 13.2 Å². The lowest BCUT2D eigenvalue weighted by atomic mass is 10.1. The number of hydrogen-bond donors (Lipinski definition) is 2. The van der Waals surface area contributed by atoms with E-state index in [9.17, 15) is 22.8 Å². The Labute approximate surface area is 167 Å². The van der Waals surface area contributed by atoms with Gasteiger partial charge in [-0.15, -0.1) is 0 Å². The Bertz CT molecular complexity index is 1040. The third kappa shape index (κ3) is 4.83. The zero-order valence-electron chi connectivity index (χ0n) is 15.0. The number of benzene rings is 2. The molecule has 0 fully saturated rings. The first-order chi connectivity index (χ1) is 13.8. The van der Waals surface area contributed by atoms with Gasteiger partial charge in [0.2, 0.25) is 11.7 Å². The summed E-state index contributed by atoms with van der Waals surface area (Å²) in [6, 6.07) is 13.9. The lowest BCUT2D eigenvalue weighted by Gasteiger charge is -2.17. The number of amides is 3. The summed E-state index contributed by atoms with van der Waals surface area (Å²) in [5, 5.41) is 3.79. The van der Waals surface area contributed by atoms with E-state index in [1.54, 1.807) is 48.5 Å². The molecule has 0 bridgehead atoms. The molecule has 150 valence electrons. The van der Waals surface area contributed by atoms with Crippen LogP contribution in [0.1, 0.15) is 16.6 Å². The molecule has 29 heavy (non-hydrogen) atoms. The van der Waals surface area contributed by atoms with Gasteiger partial charge in [-0.1, -0.05) is 60.3 Å². The second-order valence-electron chi connectivity index (χ2n) is 5.84. The van der Waals surface area contributed by atoms with Crippen molar-refractivity contribution in [2.75, 3.05) is 7.05 Å². The fourth-order valence-corrected chi connectivity index (χ4v) is 3.64.